The lowest BCUT2D eigenvalue weighted by molar-refractivity contribution is -0.134. The molecule has 3 aromatic rings. The third-order valence-corrected chi connectivity index (χ3v) is 3.56. The molecule has 0 saturated carbocycles. The van der Waals surface area contributed by atoms with Gasteiger partial charge in [-0.15, -0.1) is 0 Å². The maximum atomic E-state index is 11.2. The van der Waals surface area contributed by atoms with E-state index >= 15 is 0 Å². The number of fused-ring (bicyclic) bond motifs is 1. The Hall–Kier alpha value is -3.01. The first-order valence-electron chi connectivity index (χ1n) is 7.31. The summed E-state index contributed by atoms with van der Waals surface area (Å²) in [5.41, 5.74) is 2.95. The van der Waals surface area contributed by atoms with Crippen molar-refractivity contribution in [2.75, 3.05) is 7.11 Å². The summed E-state index contributed by atoms with van der Waals surface area (Å²) in [6.07, 6.45) is 5.00. The smallest absolute Gasteiger partial charge is 0.330 e. The molecule has 0 aliphatic heterocycles. The summed E-state index contributed by atoms with van der Waals surface area (Å²) < 4.78 is 10.5. The average molecular weight is 307 g/mol. The fourth-order valence-corrected chi connectivity index (χ4v) is 2.38. The van der Waals surface area contributed by atoms with E-state index in [9.17, 15) is 4.79 Å². The number of carbonyl (C=O) groups is 1. The third-order valence-electron chi connectivity index (χ3n) is 3.56. The minimum absolute atomic E-state index is 0.377. The molecule has 0 fully saturated rings. The molecule has 0 unspecified atom stereocenters. The molecule has 0 spiro atoms. The third kappa shape index (κ3) is 3.43. The highest BCUT2D eigenvalue weighted by molar-refractivity contribution is 5.96. The number of esters is 1. The lowest BCUT2D eigenvalue weighted by Crippen LogP contribution is -1.96. The molecule has 23 heavy (non-hydrogen) atoms. The number of methoxy groups -OCH3 is 1. The largest absolute Gasteiger partial charge is 0.487 e. The van der Waals surface area contributed by atoms with Crippen molar-refractivity contribution in [2.45, 2.75) is 6.61 Å². The van der Waals surface area contributed by atoms with Crippen LogP contribution in [-0.2, 0) is 16.1 Å². The molecule has 0 bridgehead atoms. The van der Waals surface area contributed by atoms with Gasteiger partial charge in [0.2, 0.25) is 0 Å². The molecule has 2 aromatic carbocycles. The van der Waals surface area contributed by atoms with E-state index in [-0.39, 0.29) is 5.97 Å². The van der Waals surface area contributed by atoms with Gasteiger partial charge in [-0.25, -0.2) is 4.79 Å². The molecular formula is C19H17NO3. The van der Waals surface area contributed by atoms with Crippen molar-refractivity contribution < 1.29 is 14.3 Å². The van der Waals surface area contributed by atoms with Crippen molar-refractivity contribution in [2.24, 2.45) is 0 Å². The highest BCUT2D eigenvalue weighted by Crippen LogP contribution is 2.29. The lowest BCUT2D eigenvalue weighted by atomic mass is 10.1. The standard InChI is InChI=1S/C19H17NO3/c1-22-18(21)10-8-15-7-9-17(19-16(15)11-12-20-19)23-13-14-5-3-2-4-6-14/h2-12,20H,13H2,1H3/b10-8+. The normalized spacial score (nSPS) is 11.0. The quantitative estimate of drug-likeness (QED) is 0.574. The van der Waals surface area contributed by atoms with Crippen LogP contribution in [0.5, 0.6) is 5.75 Å². The summed E-state index contributed by atoms with van der Waals surface area (Å²) in [4.78, 5) is 14.4. The second-order valence-electron chi connectivity index (χ2n) is 5.05. The van der Waals surface area contributed by atoms with Gasteiger partial charge in [0.05, 0.1) is 12.6 Å². The van der Waals surface area contributed by atoms with E-state index in [0.717, 1.165) is 27.8 Å². The van der Waals surface area contributed by atoms with Gasteiger partial charge in [-0.05, 0) is 29.3 Å². The summed E-state index contributed by atoms with van der Waals surface area (Å²) in [6.45, 7) is 0.506. The predicted octanol–water partition coefficient (Wildman–Crippen LogP) is 3.93. The van der Waals surface area contributed by atoms with E-state index in [2.05, 4.69) is 9.72 Å². The second kappa shape index (κ2) is 6.83. The molecule has 0 amide bonds. The summed E-state index contributed by atoms with van der Waals surface area (Å²) >= 11 is 0. The topological polar surface area (TPSA) is 51.3 Å². The zero-order valence-corrected chi connectivity index (χ0v) is 12.8. The van der Waals surface area contributed by atoms with Crippen LogP contribution in [0.15, 0.2) is 60.8 Å². The molecule has 1 aromatic heterocycles. The number of rotatable bonds is 5. The highest BCUT2D eigenvalue weighted by Gasteiger charge is 2.07. The number of benzene rings is 2. The van der Waals surface area contributed by atoms with Crippen LogP contribution < -0.4 is 4.74 Å². The minimum Gasteiger partial charge on any atom is -0.487 e. The van der Waals surface area contributed by atoms with Crippen LogP contribution in [0.4, 0.5) is 0 Å². The van der Waals surface area contributed by atoms with Crippen molar-refractivity contribution in [3.63, 3.8) is 0 Å². The number of hydrogen-bond acceptors (Lipinski definition) is 3. The van der Waals surface area contributed by atoms with Gasteiger partial charge in [0, 0.05) is 17.7 Å². The molecular weight excluding hydrogens is 290 g/mol. The maximum Gasteiger partial charge on any atom is 0.330 e. The van der Waals surface area contributed by atoms with E-state index in [1.165, 1.54) is 13.2 Å². The molecule has 1 heterocycles. The van der Waals surface area contributed by atoms with E-state index < -0.39 is 0 Å². The molecule has 0 aliphatic carbocycles. The van der Waals surface area contributed by atoms with Gasteiger partial charge in [0.15, 0.2) is 0 Å². The van der Waals surface area contributed by atoms with Crippen molar-refractivity contribution in [3.05, 3.63) is 71.9 Å². The molecule has 1 N–H and O–H groups in total. The number of ether oxygens (including phenoxy) is 2. The average Bonchev–Trinajstić information content (AvgIpc) is 3.09. The van der Waals surface area contributed by atoms with Gasteiger partial charge in [0.1, 0.15) is 12.4 Å². The maximum absolute atomic E-state index is 11.2. The zero-order valence-electron chi connectivity index (χ0n) is 12.8. The molecule has 0 saturated heterocycles. The molecule has 0 aliphatic rings. The molecule has 0 radical (unpaired) electrons. The van der Waals surface area contributed by atoms with Crippen molar-refractivity contribution >= 4 is 22.9 Å². The van der Waals surface area contributed by atoms with Crippen LogP contribution in [0.3, 0.4) is 0 Å². The number of H-pyrrole nitrogens is 1. The Morgan fingerprint density at radius 3 is 2.74 bits per heavy atom. The van der Waals surface area contributed by atoms with Crippen molar-refractivity contribution in [1.29, 1.82) is 0 Å². The Kier molecular flexibility index (Phi) is 4.43. The van der Waals surface area contributed by atoms with E-state index in [0.29, 0.717) is 6.61 Å². The van der Waals surface area contributed by atoms with Gasteiger partial charge < -0.3 is 14.5 Å². The van der Waals surface area contributed by atoms with Crippen LogP contribution >= 0.6 is 0 Å². The van der Waals surface area contributed by atoms with Crippen molar-refractivity contribution in [3.8, 4) is 5.75 Å². The Morgan fingerprint density at radius 2 is 1.96 bits per heavy atom. The number of aromatic nitrogens is 1. The van der Waals surface area contributed by atoms with Crippen LogP contribution in [0.2, 0.25) is 0 Å². The minimum atomic E-state index is -0.377. The van der Waals surface area contributed by atoms with E-state index in [4.69, 9.17) is 4.74 Å². The fourth-order valence-electron chi connectivity index (χ4n) is 2.38. The summed E-state index contributed by atoms with van der Waals surface area (Å²) in [6, 6.07) is 15.8. The van der Waals surface area contributed by atoms with E-state index in [1.807, 2.05) is 54.7 Å². The van der Waals surface area contributed by atoms with Gasteiger partial charge in [0.25, 0.3) is 0 Å². The Morgan fingerprint density at radius 1 is 1.13 bits per heavy atom. The second-order valence-corrected chi connectivity index (χ2v) is 5.05. The first-order valence-corrected chi connectivity index (χ1v) is 7.31. The fraction of sp³-hybridized carbons (Fsp3) is 0.105. The number of carbonyl (C=O) groups excluding carboxylic acids is 1. The first kappa shape index (κ1) is 14.9. The van der Waals surface area contributed by atoms with Crippen LogP contribution in [-0.4, -0.2) is 18.1 Å². The number of nitrogens with one attached hydrogen (secondary N) is 1. The SMILES string of the molecule is COC(=O)/C=C/c1ccc(OCc2ccccc2)c2[nH]ccc12. The van der Waals surface area contributed by atoms with Crippen molar-refractivity contribution in [1.82, 2.24) is 4.98 Å². The van der Waals surface area contributed by atoms with Crippen LogP contribution in [0, 0.1) is 0 Å². The molecule has 116 valence electrons. The zero-order chi connectivity index (χ0) is 16.1. The molecule has 3 rings (SSSR count). The molecule has 0 atom stereocenters. The Labute approximate surface area is 134 Å². The lowest BCUT2D eigenvalue weighted by Gasteiger charge is -2.09. The predicted molar refractivity (Wildman–Crippen MR) is 90.1 cm³/mol. The van der Waals surface area contributed by atoms with Gasteiger partial charge in [-0.2, -0.15) is 0 Å². The van der Waals surface area contributed by atoms with E-state index in [1.54, 1.807) is 6.08 Å². The summed E-state index contributed by atoms with van der Waals surface area (Å²) in [7, 11) is 1.36. The van der Waals surface area contributed by atoms with Gasteiger partial charge in [-0.3, -0.25) is 0 Å². The number of hydrogen-bond donors (Lipinski definition) is 1. The molecule has 4 nitrogen and oxygen atoms in total. The van der Waals surface area contributed by atoms with Crippen LogP contribution in [0.25, 0.3) is 17.0 Å². The summed E-state index contributed by atoms with van der Waals surface area (Å²) in [5.74, 6) is 0.405. The van der Waals surface area contributed by atoms with Crippen LogP contribution in [0.1, 0.15) is 11.1 Å². The highest BCUT2D eigenvalue weighted by atomic mass is 16.5. The number of aromatic amines is 1. The Bertz CT molecular complexity index is 834. The van der Waals surface area contributed by atoms with Gasteiger partial charge >= 0.3 is 5.97 Å². The first-order chi connectivity index (χ1) is 11.3. The monoisotopic (exact) mass is 307 g/mol. The summed E-state index contributed by atoms with van der Waals surface area (Å²) in [5, 5.41) is 0.996. The Balaban J connectivity index is 1.84. The molecule has 4 heteroatoms. The van der Waals surface area contributed by atoms with Gasteiger partial charge in [-0.1, -0.05) is 36.4 Å².